The van der Waals surface area contributed by atoms with E-state index in [1.54, 1.807) is 61.0 Å². The summed E-state index contributed by atoms with van der Waals surface area (Å²) in [6.07, 6.45) is 18.9. The number of pyridine rings is 2. The summed E-state index contributed by atoms with van der Waals surface area (Å²) in [5, 5.41) is 22.9. The summed E-state index contributed by atoms with van der Waals surface area (Å²) < 4.78 is 10.0. The SMILES string of the molecule is [Ni+2].[O-]C(=NC=C1C=CC=[O+]1)c1cccnc1.[O-]C(=NC=C1C=CC=[O+]1)c1cccnc1. The zero-order valence-electron chi connectivity index (χ0n) is 16.0. The van der Waals surface area contributed by atoms with Gasteiger partial charge in [-0.1, -0.05) is 12.1 Å². The van der Waals surface area contributed by atoms with E-state index < -0.39 is 0 Å². The molecule has 0 saturated carbocycles. The average molecular weight is 459 g/mol. The molecule has 0 unspecified atom stereocenters. The number of rotatable bonds is 4. The Kier molecular flexibility index (Phi) is 9.45. The van der Waals surface area contributed by atoms with E-state index in [1.807, 2.05) is 0 Å². The Morgan fingerprint density at radius 3 is 1.55 bits per heavy atom. The number of aldehydes is 2. The molecule has 4 rings (SSSR count). The van der Waals surface area contributed by atoms with Crippen LogP contribution in [0.1, 0.15) is 11.1 Å². The van der Waals surface area contributed by atoms with Gasteiger partial charge in [0.2, 0.25) is 0 Å². The van der Waals surface area contributed by atoms with Crippen molar-refractivity contribution in [1.82, 2.24) is 9.97 Å². The van der Waals surface area contributed by atoms with E-state index >= 15 is 0 Å². The van der Waals surface area contributed by atoms with Gasteiger partial charge >= 0.3 is 40.6 Å². The van der Waals surface area contributed by atoms with Crippen LogP contribution in [0.4, 0.5) is 0 Å². The maximum Gasteiger partial charge on any atom is 2.00 e. The smallest absolute Gasteiger partial charge is 0.858 e. The molecule has 0 spiro atoms. The average Bonchev–Trinajstić information content (AvgIpc) is 3.52. The molecule has 0 radical (unpaired) electrons. The molecule has 0 atom stereocenters. The summed E-state index contributed by atoms with van der Waals surface area (Å²) in [6, 6.07) is 6.70. The summed E-state index contributed by atoms with van der Waals surface area (Å²) in [7, 11) is 0. The van der Waals surface area contributed by atoms with E-state index in [0.29, 0.717) is 22.6 Å². The molecule has 0 aliphatic carbocycles. The van der Waals surface area contributed by atoms with Crippen LogP contribution in [0.25, 0.3) is 0 Å². The third-order valence-corrected chi connectivity index (χ3v) is 3.52. The number of carbonyl (C=O) groups excluding carboxylic acids is 2. The number of aromatic nitrogens is 2. The van der Waals surface area contributed by atoms with Crippen molar-refractivity contribution >= 4 is 24.4 Å². The van der Waals surface area contributed by atoms with E-state index in [-0.39, 0.29) is 28.3 Å². The van der Waals surface area contributed by atoms with Crippen molar-refractivity contribution in [3.8, 4) is 0 Å². The Labute approximate surface area is 188 Å². The molecule has 156 valence electrons. The number of hydrogen-bond donors (Lipinski definition) is 0. The molecule has 0 saturated heterocycles. The van der Waals surface area contributed by atoms with Crippen molar-refractivity contribution in [2.24, 2.45) is 9.98 Å². The molecule has 0 N–H and O–H groups in total. The van der Waals surface area contributed by atoms with Crippen molar-refractivity contribution in [2.75, 3.05) is 0 Å². The molecule has 0 bridgehead atoms. The standard InChI is InChI=1S/2C11H8N2O2.Ni/c2*14-11(9-3-1-5-12-7-9)13-8-10-4-2-6-15-10;/h2*1-8H;/q;;+2. The Bertz CT molecular complexity index is 985. The van der Waals surface area contributed by atoms with Crippen LogP contribution in [0.5, 0.6) is 0 Å². The second-order valence-corrected chi connectivity index (χ2v) is 5.64. The minimum Gasteiger partial charge on any atom is -0.858 e. The van der Waals surface area contributed by atoms with E-state index in [0.717, 1.165) is 0 Å². The molecule has 2 aliphatic heterocycles. The minimum absolute atomic E-state index is 0. The summed E-state index contributed by atoms with van der Waals surface area (Å²) in [4.78, 5) is 15.1. The molecule has 9 heteroatoms. The molecular formula is C22H16N4NiO4+2. The maximum absolute atomic E-state index is 11.5. The summed E-state index contributed by atoms with van der Waals surface area (Å²) in [5.74, 6) is 0.429. The largest absolute Gasteiger partial charge is 2.00 e. The van der Waals surface area contributed by atoms with Crippen molar-refractivity contribution in [3.63, 3.8) is 0 Å². The summed E-state index contributed by atoms with van der Waals surface area (Å²) in [5.41, 5.74) is 0.917. The normalized spacial score (nSPS) is 17.0. The molecule has 4 heterocycles. The predicted octanol–water partition coefficient (Wildman–Crippen LogP) is 0.666. The zero-order valence-corrected chi connectivity index (χ0v) is 17.0. The van der Waals surface area contributed by atoms with Crippen LogP contribution in [0, 0.1) is 0 Å². The summed E-state index contributed by atoms with van der Waals surface area (Å²) >= 11 is 0. The van der Waals surface area contributed by atoms with Crippen molar-refractivity contribution < 1.29 is 35.6 Å². The van der Waals surface area contributed by atoms with Gasteiger partial charge in [-0.2, -0.15) is 0 Å². The Morgan fingerprint density at radius 2 is 1.23 bits per heavy atom. The van der Waals surface area contributed by atoms with Gasteiger partial charge in [0.25, 0.3) is 0 Å². The zero-order chi connectivity index (χ0) is 21.0. The van der Waals surface area contributed by atoms with E-state index in [9.17, 15) is 10.2 Å². The molecule has 0 amide bonds. The monoisotopic (exact) mass is 458 g/mol. The summed E-state index contributed by atoms with van der Waals surface area (Å²) in [6.45, 7) is 0. The molecule has 8 nitrogen and oxygen atoms in total. The first-order chi connectivity index (χ1) is 14.7. The maximum atomic E-state index is 11.5. The van der Waals surface area contributed by atoms with Crippen LogP contribution >= 0.6 is 0 Å². The Hall–Kier alpha value is -3.97. The van der Waals surface area contributed by atoms with Crippen molar-refractivity contribution in [2.45, 2.75) is 0 Å². The second-order valence-electron chi connectivity index (χ2n) is 5.64. The van der Waals surface area contributed by atoms with Crippen LogP contribution in [-0.2, 0) is 25.3 Å². The molecule has 0 aromatic carbocycles. The van der Waals surface area contributed by atoms with Gasteiger partial charge in [-0.05, 0) is 23.9 Å². The van der Waals surface area contributed by atoms with Gasteiger partial charge in [-0.25, -0.2) is 8.85 Å². The third kappa shape index (κ3) is 7.76. The Morgan fingerprint density at radius 1 is 0.774 bits per heavy atom. The van der Waals surface area contributed by atoms with Crippen LogP contribution in [-0.4, -0.2) is 34.3 Å². The third-order valence-electron chi connectivity index (χ3n) is 3.52. The number of aliphatic imine (C=N–C) groups is 2. The van der Waals surface area contributed by atoms with Crippen LogP contribution in [0.3, 0.4) is 0 Å². The van der Waals surface area contributed by atoms with Gasteiger partial charge in [0.05, 0.1) is 12.2 Å². The van der Waals surface area contributed by atoms with Gasteiger partial charge in [-0.15, -0.1) is 0 Å². The second kappa shape index (κ2) is 12.6. The van der Waals surface area contributed by atoms with Crippen LogP contribution in [0.2, 0.25) is 0 Å². The fourth-order valence-corrected chi connectivity index (χ4v) is 2.10. The number of allylic oxidation sites excluding steroid dienone is 4. The number of hydrogen-bond acceptors (Lipinski definition) is 6. The molecule has 2 aromatic heterocycles. The van der Waals surface area contributed by atoms with E-state index in [4.69, 9.17) is 8.85 Å². The first-order valence-electron chi connectivity index (χ1n) is 8.76. The predicted molar refractivity (Wildman–Crippen MR) is 108 cm³/mol. The van der Waals surface area contributed by atoms with Crippen molar-refractivity contribution in [3.05, 3.63) is 108 Å². The van der Waals surface area contributed by atoms with Gasteiger partial charge in [0.15, 0.2) is 0 Å². The van der Waals surface area contributed by atoms with Gasteiger partial charge in [0, 0.05) is 48.1 Å². The first kappa shape index (κ1) is 23.3. The molecule has 0 fully saturated rings. The van der Waals surface area contributed by atoms with Crippen LogP contribution < -0.4 is 10.2 Å². The van der Waals surface area contributed by atoms with Crippen LogP contribution in [0.15, 0.2) is 107 Å². The fourth-order valence-electron chi connectivity index (χ4n) is 2.10. The quantitative estimate of drug-likeness (QED) is 0.220. The minimum atomic E-state index is -0.334. The topological polar surface area (TPSA) is 119 Å². The molecule has 31 heavy (non-hydrogen) atoms. The first-order valence-corrected chi connectivity index (χ1v) is 8.76. The van der Waals surface area contributed by atoms with Gasteiger partial charge in [0.1, 0.15) is 12.4 Å². The van der Waals surface area contributed by atoms with Gasteiger partial charge in [-0.3, -0.25) is 20.0 Å². The molecular weight excluding hydrogens is 443 g/mol. The molecule has 2 aromatic rings. The van der Waals surface area contributed by atoms with E-state index in [1.165, 1.54) is 37.4 Å². The van der Waals surface area contributed by atoms with E-state index in [2.05, 4.69) is 20.0 Å². The van der Waals surface area contributed by atoms with Gasteiger partial charge < -0.3 is 10.2 Å². The number of nitrogens with zero attached hydrogens (tertiary/aromatic N) is 4. The fraction of sp³-hybridized carbons (Fsp3) is 0. The molecule has 2 aliphatic rings. The van der Waals surface area contributed by atoms with Crippen molar-refractivity contribution in [1.29, 1.82) is 0 Å². The Balaban J connectivity index is 0.000000213.